The van der Waals surface area contributed by atoms with Gasteiger partial charge >= 0.3 is 0 Å². The molecule has 10 rings (SSSR count). The van der Waals surface area contributed by atoms with Gasteiger partial charge in [-0.3, -0.25) is 9.97 Å². The third kappa shape index (κ3) is 5.30. The number of thiophene rings is 1. The van der Waals surface area contributed by atoms with Crippen molar-refractivity contribution in [3.05, 3.63) is 164 Å². The number of hydrogen-bond donors (Lipinski definition) is 0. The molecule has 52 heavy (non-hydrogen) atoms. The Bertz CT molecular complexity index is 2780. The Balaban J connectivity index is 1.04. The van der Waals surface area contributed by atoms with E-state index in [2.05, 4.69) is 117 Å². The molecule has 0 radical (unpaired) electrons. The fourth-order valence-electron chi connectivity index (χ4n) is 6.79. The van der Waals surface area contributed by atoms with Crippen molar-refractivity contribution in [3.8, 4) is 33.8 Å². The van der Waals surface area contributed by atoms with Crippen LogP contribution in [-0.4, -0.2) is 29.9 Å². The molecule has 4 aromatic carbocycles. The van der Waals surface area contributed by atoms with Crippen molar-refractivity contribution in [1.29, 1.82) is 0 Å². The van der Waals surface area contributed by atoms with E-state index in [1.807, 2.05) is 48.5 Å². The largest absolute Gasteiger partial charge is 0.311 e. The lowest BCUT2D eigenvalue weighted by Gasteiger charge is -2.26. The van der Waals surface area contributed by atoms with Gasteiger partial charge in [-0.25, -0.2) is 19.9 Å². The lowest BCUT2D eigenvalue weighted by Crippen LogP contribution is -2.10. The lowest BCUT2D eigenvalue weighted by atomic mass is 10.0. The van der Waals surface area contributed by atoms with Crippen LogP contribution in [0.25, 0.3) is 76.1 Å². The third-order valence-corrected chi connectivity index (χ3v) is 10.4. The molecule has 0 aliphatic rings. The summed E-state index contributed by atoms with van der Waals surface area (Å²) < 4.78 is 1.21. The summed E-state index contributed by atoms with van der Waals surface area (Å²) in [5.41, 5.74) is 12.4. The van der Waals surface area contributed by atoms with E-state index in [0.29, 0.717) is 0 Å². The SMILES string of the molecule is c1cnc2ccc(-c3ccc(N(c4ccc(-c5ccc6ncccc6n5)cc4)c4ccc(-c5ncnc6sc7ccccc7c56)cc4)cc3)nc2c1. The van der Waals surface area contributed by atoms with E-state index in [9.17, 15) is 0 Å². The van der Waals surface area contributed by atoms with Crippen LogP contribution in [0.15, 0.2) is 164 Å². The normalized spacial score (nSPS) is 11.5. The van der Waals surface area contributed by atoms with E-state index in [0.717, 1.165) is 83.1 Å². The topological polar surface area (TPSA) is 80.6 Å². The Labute approximate surface area is 302 Å². The summed E-state index contributed by atoms with van der Waals surface area (Å²) >= 11 is 1.70. The maximum atomic E-state index is 4.87. The average molecular weight is 686 g/mol. The molecule has 0 aliphatic heterocycles. The van der Waals surface area contributed by atoms with Crippen LogP contribution in [0.2, 0.25) is 0 Å². The first kappa shape index (κ1) is 30.0. The predicted molar refractivity (Wildman–Crippen MR) is 212 cm³/mol. The number of pyridine rings is 4. The van der Waals surface area contributed by atoms with Gasteiger partial charge in [-0.15, -0.1) is 11.3 Å². The second-order valence-corrected chi connectivity index (χ2v) is 13.5. The fraction of sp³-hybridized carbons (Fsp3) is 0. The summed E-state index contributed by atoms with van der Waals surface area (Å²) in [6, 6.07) is 50.1. The minimum Gasteiger partial charge on any atom is -0.311 e. The third-order valence-electron chi connectivity index (χ3n) is 9.33. The summed E-state index contributed by atoms with van der Waals surface area (Å²) in [4.78, 5) is 31.2. The number of benzene rings is 4. The van der Waals surface area contributed by atoms with Crippen LogP contribution in [0, 0.1) is 0 Å². The molecule has 0 bridgehead atoms. The number of anilines is 3. The molecule has 6 aromatic heterocycles. The van der Waals surface area contributed by atoms with Gasteiger partial charge in [0.05, 0.1) is 39.1 Å². The maximum absolute atomic E-state index is 4.87. The Morgan fingerprint density at radius 3 is 1.54 bits per heavy atom. The van der Waals surface area contributed by atoms with Crippen LogP contribution in [0.5, 0.6) is 0 Å². The molecule has 8 heteroatoms. The van der Waals surface area contributed by atoms with Crippen LogP contribution in [0.4, 0.5) is 17.1 Å². The standard InChI is InChI=1S/C44H27N7S/c1-2-8-41-34(5-1)42-43(47-27-48-44(42)52-41)30-13-19-33(20-14-30)51(31-15-9-28(10-16-31)35-21-23-37-39(49-35)6-3-25-45-37)32-17-11-29(12-18-32)36-22-24-38-40(50-36)7-4-26-46-38/h1-27H. The lowest BCUT2D eigenvalue weighted by molar-refractivity contribution is 1.23. The van der Waals surface area contributed by atoms with Crippen molar-refractivity contribution in [2.24, 2.45) is 0 Å². The summed E-state index contributed by atoms with van der Waals surface area (Å²) in [5, 5.41) is 2.27. The van der Waals surface area contributed by atoms with Crippen LogP contribution >= 0.6 is 11.3 Å². The molecule has 0 saturated carbocycles. The average Bonchev–Trinajstić information content (AvgIpc) is 3.61. The van der Waals surface area contributed by atoms with E-state index in [-0.39, 0.29) is 0 Å². The highest BCUT2D eigenvalue weighted by Gasteiger charge is 2.17. The zero-order valence-electron chi connectivity index (χ0n) is 27.6. The first-order valence-corrected chi connectivity index (χ1v) is 17.7. The quantitative estimate of drug-likeness (QED) is 0.172. The first-order chi connectivity index (χ1) is 25.7. The van der Waals surface area contributed by atoms with Gasteiger partial charge in [-0.05, 0) is 91.0 Å². The second kappa shape index (κ2) is 12.5. The summed E-state index contributed by atoms with van der Waals surface area (Å²) in [6.07, 6.45) is 5.25. The van der Waals surface area contributed by atoms with Crippen LogP contribution < -0.4 is 4.90 Å². The Kier molecular flexibility index (Phi) is 7.18. The minimum absolute atomic E-state index is 0.875. The number of rotatable bonds is 6. The first-order valence-electron chi connectivity index (χ1n) is 16.9. The van der Waals surface area contributed by atoms with E-state index in [1.165, 1.54) is 10.1 Å². The number of aromatic nitrogens is 6. The summed E-state index contributed by atoms with van der Waals surface area (Å²) in [5.74, 6) is 0. The zero-order valence-corrected chi connectivity index (χ0v) is 28.4. The monoisotopic (exact) mass is 685 g/mol. The van der Waals surface area contributed by atoms with Gasteiger partial charge < -0.3 is 4.90 Å². The molecule has 7 nitrogen and oxygen atoms in total. The maximum Gasteiger partial charge on any atom is 0.128 e. The summed E-state index contributed by atoms with van der Waals surface area (Å²) in [6.45, 7) is 0. The molecular formula is C44H27N7S. The van der Waals surface area contributed by atoms with Gasteiger partial charge in [0, 0.05) is 61.6 Å². The zero-order chi connectivity index (χ0) is 34.4. The number of hydrogen-bond acceptors (Lipinski definition) is 8. The highest BCUT2D eigenvalue weighted by atomic mass is 32.1. The Hall–Kier alpha value is -6.90. The van der Waals surface area contributed by atoms with Gasteiger partial charge in [0.25, 0.3) is 0 Å². The highest BCUT2D eigenvalue weighted by molar-refractivity contribution is 7.25. The second-order valence-electron chi connectivity index (χ2n) is 12.5. The van der Waals surface area contributed by atoms with Gasteiger partial charge in [0.15, 0.2) is 0 Å². The number of nitrogens with zero attached hydrogens (tertiary/aromatic N) is 7. The minimum atomic E-state index is 0.875. The molecule has 0 atom stereocenters. The molecule has 0 amide bonds. The van der Waals surface area contributed by atoms with Crippen molar-refractivity contribution in [2.75, 3.05) is 4.90 Å². The van der Waals surface area contributed by atoms with Gasteiger partial charge in [0.1, 0.15) is 11.2 Å². The summed E-state index contributed by atoms with van der Waals surface area (Å²) in [7, 11) is 0. The molecule has 0 fully saturated rings. The van der Waals surface area contributed by atoms with Crippen molar-refractivity contribution in [1.82, 2.24) is 29.9 Å². The van der Waals surface area contributed by atoms with Crippen molar-refractivity contribution in [3.63, 3.8) is 0 Å². The molecule has 0 N–H and O–H groups in total. The van der Waals surface area contributed by atoms with Crippen molar-refractivity contribution >= 4 is 70.8 Å². The predicted octanol–water partition coefficient (Wildman–Crippen LogP) is 11.2. The molecule has 0 saturated heterocycles. The van der Waals surface area contributed by atoms with Gasteiger partial charge in [0.2, 0.25) is 0 Å². The molecule has 0 aliphatic carbocycles. The fourth-order valence-corrected chi connectivity index (χ4v) is 7.83. The molecule has 0 spiro atoms. The molecule has 10 aromatic rings. The molecular weight excluding hydrogens is 659 g/mol. The van der Waals surface area contributed by atoms with Gasteiger partial charge in [-0.2, -0.15) is 0 Å². The van der Waals surface area contributed by atoms with Crippen LogP contribution in [0.3, 0.4) is 0 Å². The van der Waals surface area contributed by atoms with Crippen LogP contribution in [-0.2, 0) is 0 Å². The smallest absolute Gasteiger partial charge is 0.128 e. The van der Waals surface area contributed by atoms with E-state index in [1.54, 1.807) is 30.1 Å². The van der Waals surface area contributed by atoms with E-state index < -0.39 is 0 Å². The molecule has 6 heterocycles. The van der Waals surface area contributed by atoms with Crippen molar-refractivity contribution < 1.29 is 0 Å². The molecule has 0 unspecified atom stereocenters. The van der Waals surface area contributed by atoms with Crippen molar-refractivity contribution in [2.45, 2.75) is 0 Å². The Morgan fingerprint density at radius 1 is 0.423 bits per heavy atom. The van der Waals surface area contributed by atoms with E-state index >= 15 is 0 Å². The number of fused-ring (bicyclic) bond motifs is 5. The van der Waals surface area contributed by atoms with Crippen LogP contribution in [0.1, 0.15) is 0 Å². The Morgan fingerprint density at radius 2 is 0.962 bits per heavy atom. The van der Waals surface area contributed by atoms with Gasteiger partial charge in [-0.1, -0.05) is 54.6 Å². The highest BCUT2D eigenvalue weighted by Crippen LogP contribution is 2.40. The molecule has 244 valence electrons. The van der Waals surface area contributed by atoms with E-state index in [4.69, 9.17) is 15.0 Å².